The molecule has 0 bridgehead atoms. The molecular formula is C29H27ClN8O2. The first-order chi connectivity index (χ1) is 19.3. The fourth-order valence-electron chi connectivity index (χ4n) is 4.73. The van der Waals surface area contributed by atoms with Crippen molar-refractivity contribution in [3.8, 4) is 17.9 Å². The zero-order valence-corrected chi connectivity index (χ0v) is 23.1. The average Bonchev–Trinajstić information content (AvgIpc) is 3.71. The van der Waals surface area contributed by atoms with Gasteiger partial charge in [0.25, 0.3) is 0 Å². The van der Waals surface area contributed by atoms with Crippen LogP contribution in [0.25, 0.3) is 5.65 Å². The SMILES string of the molecule is COc1ccc(CN(c2nc(Nc3cc(C#N)c(C(C)CC(C)=O)cc3Cl)nn3c(C#N)cnc23)C2CC2)cc1. The molecular weight excluding hydrogens is 528 g/mol. The number of halogens is 1. The van der Waals surface area contributed by atoms with Crippen LogP contribution in [0.2, 0.25) is 5.02 Å². The van der Waals surface area contributed by atoms with Crippen LogP contribution in [-0.4, -0.2) is 38.5 Å². The molecule has 4 aromatic rings. The summed E-state index contributed by atoms with van der Waals surface area (Å²) in [6.07, 6.45) is 3.81. The molecule has 10 nitrogen and oxygen atoms in total. The van der Waals surface area contributed by atoms with Gasteiger partial charge in [0.2, 0.25) is 5.95 Å². The number of ether oxygens (including phenoxy) is 1. The van der Waals surface area contributed by atoms with Crippen LogP contribution in [0.3, 0.4) is 0 Å². The van der Waals surface area contributed by atoms with Crippen LogP contribution in [0.5, 0.6) is 5.75 Å². The number of nitrogens with one attached hydrogen (secondary N) is 1. The number of anilines is 3. The first kappa shape index (κ1) is 26.9. The second-order valence-corrected chi connectivity index (χ2v) is 10.3. The van der Waals surface area contributed by atoms with E-state index in [4.69, 9.17) is 21.3 Å². The minimum atomic E-state index is -0.160. The molecule has 2 heterocycles. The third-order valence-electron chi connectivity index (χ3n) is 6.86. The fourth-order valence-corrected chi connectivity index (χ4v) is 4.95. The molecule has 2 aromatic heterocycles. The predicted molar refractivity (Wildman–Crippen MR) is 151 cm³/mol. The number of carbonyl (C=O) groups excluding carboxylic acids is 1. The number of hydrogen-bond acceptors (Lipinski definition) is 9. The maximum absolute atomic E-state index is 11.7. The summed E-state index contributed by atoms with van der Waals surface area (Å²) in [4.78, 5) is 23.1. The van der Waals surface area contributed by atoms with Gasteiger partial charge in [-0.1, -0.05) is 30.7 Å². The molecule has 1 atom stereocenters. The second kappa shape index (κ2) is 11.2. The number of benzene rings is 2. The Kier molecular flexibility index (Phi) is 7.54. The van der Waals surface area contributed by atoms with E-state index in [0.717, 1.165) is 24.2 Å². The highest BCUT2D eigenvalue weighted by molar-refractivity contribution is 6.33. The van der Waals surface area contributed by atoms with Gasteiger partial charge < -0.3 is 19.7 Å². The Balaban J connectivity index is 1.55. The number of aromatic nitrogens is 4. The smallest absolute Gasteiger partial charge is 0.247 e. The van der Waals surface area contributed by atoms with E-state index in [9.17, 15) is 15.3 Å². The first-order valence-electron chi connectivity index (χ1n) is 12.9. The molecule has 40 heavy (non-hydrogen) atoms. The molecule has 11 heteroatoms. The number of hydrogen-bond donors (Lipinski definition) is 1. The minimum absolute atomic E-state index is 0.0347. The van der Waals surface area contributed by atoms with Crippen molar-refractivity contribution >= 4 is 40.5 Å². The highest BCUT2D eigenvalue weighted by Gasteiger charge is 2.33. The molecule has 0 spiro atoms. The largest absolute Gasteiger partial charge is 0.497 e. The normalized spacial score (nSPS) is 13.3. The van der Waals surface area contributed by atoms with Gasteiger partial charge in [-0.15, -0.1) is 5.10 Å². The first-order valence-corrected chi connectivity index (χ1v) is 13.2. The number of ketones is 1. The molecule has 0 amide bonds. The van der Waals surface area contributed by atoms with Crippen LogP contribution in [-0.2, 0) is 11.3 Å². The average molecular weight is 555 g/mol. The van der Waals surface area contributed by atoms with Crippen LogP contribution in [0, 0.1) is 22.7 Å². The summed E-state index contributed by atoms with van der Waals surface area (Å²) in [7, 11) is 1.63. The van der Waals surface area contributed by atoms with Crippen molar-refractivity contribution in [1.82, 2.24) is 19.6 Å². The zero-order chi connectivity index (χ0) is 28.4. The molecule has 202 valence electrons. The van der Waals surface area contributed by atoms with Gasteiger partial charge in [0, 0.05) is 19.0 Å². The van der Waals surface area contributed by atoms with Crippen LogP contribution < -0.4 is 15.0 Å². The van der Waals surface area contributed by atoms with Gasteiger partial charge in [0.05, 0.1) is 35.6 Å². The molecule has 0 radical (unpaired) electrons. The lowest BCUT2D eigenvalue weighted by molar-refractivity contribution is -0.117. The predicted octanol–water partition coefficient (Wildman–Crippen LogP) is 5.52. The summed E-state index contributed by atoms with van der Waals surface area (Å²) in [6, 6.07) is 15.8. The van der Waals surface area contributed by atoms with Crippen molar-refractivity contribution in [2.24, 2.45) is 0 Å². The van der Waals surface area contributed by atoms with Gasteiger partial charge in [-0.2, -0.15) is 20.0 Å². The van der Waals surface area contributed by atoms with Gasteiger partial charge in [-0.3, -0.25) is 0 Å². The Morgan fingerprint density at radius 3 is 2.62 bits per heavy atom. The van der Waals surface area contributed by atoms with E-state index >= 15 is 0 Å². The summed E-state index contributed by atoms with van der Waals surface area (Å²) in [5.74, 6) is 1.44. The molecule has 1 saturated carbocycles. The number of fused-ring (bicyclic) bond motifs is 1. The Hall–Kier alpha value is -4.67. The molecule has 1 fully saturated rings. The maximum Gasteiger partial charge on any atom is 0.247 e. The highest BCUT2D eigenvalue weighted by atomic mass is 35.5. The lowest BCUT2D eigenvalue weighted by Gasteiger charge is -2.24. The third kappa shape index (κ3) is 5.54. The Labute approximate surface area is 236 Å². The second-order valence-electron chi connectivity index (χ2n) is 9.92. The summed E-state index contributed by atoms with van der Waals surface area (Å²) in [5.41, 5.74) is 3.35. The van der Waals surface area contributed by atoms with E-state index in [-0.39, 0.29) is 29.4 Å². The number of nitrogens with zero attached hydrogens (tertiary/aromatic N) is 7. The number of imidazole rings is 1. The van der Waals surface area contributed by atoms with E-state index < -0.39 is 0 Å². The van der Waals surface area contributed by atoms with E-state index in [2.05, 4.69) is 32.4 Å². The van der Waals surface area contributed by atoms with E-state index in [0.29, 0.717) is 46.3 Å². The van der Waals surface area contributed by atoms with Crippen molar-refractivity contribution in [1.29, 1.82) is 10.5 Å². The Morgan fingerprint density at radius 1 is 1.25 bits per heavy atom. The lowest BCUT2D eigenvalue weighted by atomic mass is 9.92. The van der Waals surface area contributed by atoms with Crippen molar-refractivity contribution in [3.63, 3.8) is 0 Å². The van der Waals surface area contributed by atoms with Gasteiger partial charge in [0.15, 0.2) is 17.2 Å². The monoisotopic (exact) mass is 554 g/mol. The Bertz CT molecular complexity index is 1660. The van der Waals surface area contributed by atoms with Crippen LogP contribution in [0.15, 0.2) is 42.6 Å². The van der Waals surface area contributed by atoms with Gasteiger partial charge in [-0.05, 0) is 61.1 Å². The summed E-state index contributed by atoms with van der Waals surface area (Å²) in [5, 5.41) is 27.6. The molecule has 1 aliphatic rings. The summed E-state index contributed by atoms with van der Waals surface area (Å²) in [6.45, 7) is 4.00. The molecule has 1 unspecified atom stereocenters. The maximum atomic E-state index is 11.7. The summed E-state index contributed by atoms with van der Waals surface area (Å²) >= 11 is 6.63. The van der Waals surface area contributed by atoms with Crippen molar-refractivity contribution in [2.45, 2.75) is 51.6 Å². The van der Waals surface area contributed by atoms with Crippen LogP contribution in [0.4, 0.5) is 17.5 Å². The van der Waals surface area contributed by atoms with Gasteiger partial charge in [0.1, 0.15) is 17.6 Å². The third-order valence-corrected chi connectivity index (χ3v) is 7.17. The van der Waals surface area contributed by atoms with Crippen molar-refractivity contribution in [3.05, 3.63) is 70.0 Å². The van der Waals surface area contributed by atoms with E-state index in [1.165, 1.54) is 17.6 Å². The topological polar surface area (TPSA) is 132 Å². The lowest BCUT2D eigenvalue weighted by Crippen LogP contribution is -2.27. The molecule has 1 aliphatic carbocycles. The van der Waals surface area contributed by atoms with Crippen LogP contribution in [0.1, 0.15) is 61.4 Å². The highest BCUT2D eigenvalue weighted by Crippen LogP contribution is 2.36. The number of rotatable bonds is 10. The molecule has 1 N–H and O–H groups in total. The number of carbonyl (C=O) groups is 1. The Morgan fingerprint density at radius 2 is 2.00 bits per heavy atom. The van der Waals surface area contributed by atoms with Crippen LogP contribution >= 0.6 is 11.6 Å². The number of methoxy groups -OCH3 is 1. The van der Waals surface area contributed by atoms with E-state index in [1.54, 1.807) is 19.2 Å². The zero-order valence-electron chi connectivity index (χ0n) is 22.3. The number of Topliss-reactive ketones (excluding diaryl/α,β-unsaturated/α-hetero) is 1. The minimum Gasteiger partial charge on any atom is -0.497 e. The molecule has 2 aromatic carbocycles. The van der Waals surface area contributed by atoms with Crippen molar-refractivity contribution < 1.29 is 9.53 Å². The van der Waals surface area contributed by atoms with E-state index in [1.807, 2.05) is 31.2 Å². The molecule has 5 rings (SSSR count). The fraction of sp³-hybridized carbons (Fsp3) is 0.310. The standard InChI is InChI=1S/C29H27ClN8O2/c1-17(10-18(2)39)24-12-25(30)26(11-20(24)13-31)34-29-35-28(27-33-15-22(14-32)38(27)36-29)37(21-6-7-21)16-19-4-8-23(40-3)9-5-19/h4-5,8-9,11-12,15,17,21H,6-7,10,16H2,1-3H3,(H,34,36). The molecule has 0 saturated heterocycles. The number of nitriles is 2. The molecule has 0 aliphatic heterocycles. The van der Waals surface area contributed by atoms with Gasteiger partial charge in [-0.25, -0.2) is 4.98 Å². The van der Waals surface area contributed by atoms with Gasteiger partial charge >= 0.3 is 0 Å². The quantitative estimate of drug-likeness (QED) is 0.269. The van der Waals surface area contributed by atoms with Crippen molar-refractivity contribution in [2.75, 3.05) is 17.3 Å². The summed E-state index contributed by atoms with van der Waals surface area (Å²) < 4.78 is 6.76.